The molecule has 0 radical (unpaired) electrons. The first-order chi connectivity index (χ1) is 16.1. The summed E-state index contributed by atoms with van der Waals surface area (Å²) in [7, 11) is 4.45. The predicted molar refractivity (Wildman–Crippen MR) is 144 cm³/mol. The average Bonchev–Trinajstić information content (AvgIpc) is 2.80. The first-order valence-corrected chi connectivity index (χ1v) is 14.5. The van der Waals surface area contributed by atoms with Crippen molar-refractivity contribution in [2.75, 3.05) is 53.4 Å². The molecular formula is C28H58N4O. The highest BCUT2D eigenvalue weighted by Crippen LogP contribution is 2.13. The van der Waals surface area contributed by atoms with E-state index in [0.717, 1.165) is 52.0 Å². The van der Waals surface area contributed by atoms with Gasteiger partial charge in [-0.15, -0.1) is 0 Å². The van der Waals surface area contributed by atoms with Crippen molar-refractivity contribution >= 4 is 5.91 Å². The highest BCUT2D eigenvalue weighted by molar-refractivity contribution is 5.76. The highest BCUT2D eigenvalue weighted by atomic mass is 16.1. The van der Waals surface area contributed by atoms with Gasteiger partial charge in [0.2, 0.25) is 5.91 Å². The second-order valence-corrected chi connectivity index (χ2v) is 10.6. The monoisotopic (exact) mass is 466 g/mol. The molecule has 2 N–H and O–H groups in total. The Morgan fingerprint density at radius 1 is 0.697 bits per heavy atom. The molecule has 196 valence electrons. The fourth-order valence-corrected chi connectivity index (χ4v) is 4.85. The van der Waals surface area contributed by atoms with Crippen LogP contribution >= 0.6 is 0 Å². The van der Waals surface area contributed by atoms with Crippen LogP contribution in [0.25, 0.3) is 0 Å². The van der Waals surface area contributed by atoms with Crippen LogP contribution in [0.5, 0.6) is 0 Å². The largest absolute Gasteiger partial charge is 0.356 e. The lowest BCUT2D eigenvalue weighted by molar-refractivity contribution is -0.121. The number of unbranched alkanes of at least 4 members (excludes halogenated alkanes) is 10. The van der Waals surface area contributed by atoms with E-state index in [9.17, 15) is 4.79 Å². The van der Waals surface area contributed by atoms with Crippen molar-refractivity contribution in [1.29, 1.82) is 0 Å². The number of nitrogens with zero attached hydrogens (tertiary/aromatic N) is 2. The number of hydrogen-bond acceptors (Lipinski definition) is 4. The lowest BCUT2D eigenvalue weighted by Gasteiger charge is -2.20. The number of carbonyl (C=O) groups is 1. The Hall–Kier alpha value is -0.650. The second-order valence-electron chi connectivity index (χ2n) is 10.6. The molecule has 1 heterocycles. The minimum absolute atomic E-state index is 0.222. The summed E-state index contributed by atoms with van der Waals surface area (Å²) < 4.78 is 0. The van der Waals surface area contributed by atoms with Crippen LogP contribution in [0, 0.1) is 0 Å². The minimum atomic E-state index is 0.222. The fraction of sp³-hybridized carbons (Fsp3) is 0.964. The molecular weight excluding hydrogens is 408 g/mol. The summed E-state index contributed by atoms with van der Waals surface area (Å²) in [5, 5.41) is 6.88. The summed E-state index contributed by atoms with van der Waals surface area (Å²) in [6.45, 7) is 8.66. The molecule has 0 spiro atoms. The van der Waals surface area contributed by atoms with Gasteiger partial charge in [-0.3, -0.25) is 4.79 Å². The van der Waals surface area contributed by atoms with Crippen molar-refractivity contribution in [2.45, 2.75) is 122 Å². The Morgan fingerprint density at radius 2 is 1.18 bits per heavy atom. The first-order valence-electron chi connectivity index (χ1n) is 14.5. The van der Waals surface area contributed by atoms with Crippen molar-refractivity contribution in [3.63, 3.8) is 0 Å². The third-order valence-corrected chi connectivity index (χ3v) is 7.11. The number of amides is 1. The highest BCUT2D eigenvalue weighted by Gasteiger charge is 2.13. The SMILES string of the molecule is CCCCCCCCCCCCC[C@H]1CC(=O)NCCCN(C)CCCCN(C)CCCN1. The molecule has 1 rings (SSSR count). The predicted octanol–water partition coefficient (Wildman–Crippen LogP) is 5.59. The Kier molecular flexibility index (Phi) is 20.1. The average molecular weight is 467 g/mol. The van der Waals surface area contributed by atoms with Gasteiger partial charge in [-0.2, -0.15) is 0 Å². The van der Waals surface area contributed by atoms with Crippen LogP contribution < -0.4 is 10.6 Å². The summed E-state index contributed by atoms with van der Waals surface area (Å²) in [5.41, 5.74) is 0. The van der Waals surface area contributed by atoms with Gasteiger partial charge in [-0.1, -0.05) is 77.6 Å². The van der Waals surface area contributed by atoms with E-state index in [-0.39, 0.29) is 5.91 Å². The molecule has 0 unspecified atom stereocenters. The molecule has 0 aromatic carbocycles. The van der Waals surface area contributed by atoms with E-state index in [1.54, 1.807) is 0 Å². The van der Waals surface area contributed by atoms with E-state index in [1.807, 2.05) is 0 Å². The zero-order valence-electron chi connectivity index (χ0n) is 22.6. The van der Waals surface area contributed by atoms with Crippen LogP contribution in [0.4, 0.5) is 0 Å². The van der Waals surface area contributed by atoms with Gasteiger partial charge in [0.15, 0.2) is 0 Å². The van der Waals surface area contributed by atoms with Gasteiger partial charge in [0.1, 0.15) is 0 Å². The molecule has 1 fully saturated rings. The molecule has 5 heteroatoms. The topological polar surface area (TPSA) is 47.6 Å². The Bertz CT molecular complexity index is 446. The number of hydrogen-bond donors (Lipinski definition) is 2. The lowest BCUT2D eigenvalue weighted by atomic mass is 10.0. The van der Waals surface area contributed by atoms with Crippen LogP contribution in [0.2, 0.25) is 0 Å². The first kappa shape index (κ1) is 30.4. The van der Waals surface area contributed by atoms with Crippen molar-refractivity contribution in [2.24, 2.45) is 0 Å². The molecule has 0 aromatic heterocycles. The van der Waals surface area contributed by atoms with E-state index in [2.05, 4.69) is 41.5 Å². The Morgan fingerprint density at radius 3 is 1.76 bits per heavy atom. The van der Waals surface area contributed by atoms with E-state index in [1.165, 1.54) is 90.0 Å². The van der Waals surface area contributed by atoms with E-state index < -0.39 is 0 Å². The van der Waals surface area contributed by atoms with Crippen LogP contribution in [-0.4, -0.2) is 75.1 Å². The summed E-state index contributed by atoms with van der Waals surface area (Å²) in [6.07, 6.45) is 21.6. The van der Waals surface area contributed by atoms with Crippen molar-refractivity contribution in [3.8, 4) is 0 Å². The van der Waals surface area contributed by atoms with Crippen molar-refractivity contribution in [3.05, 3.63) is 0 Å². The van der Waals surface area contributed by atoms with Gasteiger partial charge in [0.05, 0.1) is 0 Å². The number of rotatable bonds is 12. The molecule has 33 heavy (non-hydrogen) atoms. The van der Waals surface area contributed by atoms with E-state index in [0.29, 0.717) is 12.5 Å². The third kappa shape index (κ3) is 19.4. The quantitative estimate of drug-likeness (QED) is 0.368. The maximum Gasteiger partial charge on any atom is 0.221 e. The molecule has 1 amide bonds. The van der Waals surface area contributed by atoms with E-state index in [4.69, 9.17) is 0 Å². The van der Waals surface area contributed by atoms with Crippen LogP contribution in [0.3, 0.4) is 0 Å². The number of carbonyl (C=O) groups excluding carboxylic acids is 1. The van der Waals surface area contributed by atoms with Crippen LogP contribution in [-0.2, 0) is 4.79 Å². The van der Waals surface area contributed by atoms with Gasteiger partial charge in [-0.05, 0) is 78.9 Å². The van der Waals surface area contributed by atoms with Crippen LogP contribution in [0.15, 0.2) is 0 Å². The maximum atomic E-state index is 12.5. The standard InChI is InChI=1S/C28H58N4O/c1-4-5-6-7-8-9-10-11-12-13-14-19-27-26-28(33)30-21-18-25-32(3)23-16-15-22-31(2)24-17-20-29-27/h27,29H,4-26H2,1-3H3,(H,30,33)/t27-/m0/s1. The van der Waals surface area contributed by atoms with Gasteiger partial charge in [0, 0.05) is 19.0 Å². The lowest BCUT2D eigenvalue weighted by Crippen LogP contribution is -2.37. The molecule has 0 bridgehead atoms. The van der Waals surface area contributed by atoms with Gasteiger partial charge >= 0.3 is 0 Å². The van der Waals surface area contributed by atoms with E-state index >= 15 is 0 Å². The van der Waals surface area contributed by atoms with Crippen molar-refractivity contribution in [1.82, 2.24) is 20.4 Å². The Labute approximate surface area is 206 Å². The zero-order chi connectivity index (χ0) is 24.0. The van der Waals surface area contributed by atoms with Crippen LogP contribution in [0.1, 0.15) is 116 Å². The maximum absolute atomic E-state index is 12.5. The third-order valence-electron chi connectivity index (χ3n) is 7.11. The van der Waals surface area contributed by atoms with Crippen molar-refractivity contribution < 1.29 is 4.79 Å². The van der Waals surface area contributed by atoms with Gasteiger partial charge < -0.3 is 20.4 Å². The second kappa shape index (κ2) is 21.9. The summed E-state index contributed by atoms with van der Waals surface area (Å²) >= 11 is 0. The zero-order valence-corrected chi connectivity index (χ0v) is 22.6. The summed E-state index contributed by atoms with van der Waals surface area (Å²) in [4.78, 5) is 17.4. The molecule has 1 aliphatic heterocycles. The molecule has 1 atom stereocenters. The number of nitrogens with one attached hydrogen (secondary N) is 2. The molecule has 0 aromatic rings. The van der Waals surface area contributed by atoms with Gasteiger partial charge in [0.25, 0.3) is 0 Å². The summed E-state index contributed by atoms with van der Waals surface area (Å²) in [6, 6.07) is 0.326. The van der Waals surface area contributed by atoms with Gasteiger partial charge in [-0.25, -0.2) is 0 Å². The molecule has 1 aliphatic rings. The normalized spacial score (nSPS) is 21.5. The molecule has 0 saturated carbocycles. The minimum Gasteiger partial charge on any atom is -0.356 e. The molecule has 0 aliphatic carbocycles. The molecule has 5 nitrogen and oxygen atoms in total. The molecule has 1 saturated heterocycles. The Balaban J connectivity index is 2.26. The summed E-state index contributed by atoms with van der Waals surface area (Å²) in [5.74, 6) is 0.222. The fourth-order valence-electron chi connectivity index (χ4n) is 4.85. The smallest absolute Gasteiger partial charge is 0.221 e.